The molecule has 2 aromatic heterocycles. The van der Waals surface area contributed by atoms with Gasteiger partial charge in [0.05, 0.1) is 23.8 Å². The highest BCUT2D eigenvalue weighted by Gasteiger charge is 2.46. The maximum atomic E-state index is 13.2. The van der Waals surface area contributed by atoms with Crippen molar-refractivity contribution in [1.82, 2.24) is 14.9 Å². The summed E-state index contributed by atoms with van der Waals surface area (Å²) < 4.78 is 5.68. The molecule has 4 heterocycles. The van der Waals surface area contributed by atoms with Crippen LogP contribution in [0.1, 0.15) is 22.7 Å². The lowest BCUT2D eigenvalue weighted by atomic mass is 9.96. The number of ketones is 1. The molecule has 1 saturated heterocycles. The van der Waals surface area contributed by atoms with E-state index >= 15 is 0 Å². The molecule has 1 aromatic carbocycles. The number of anilines is 1. The van der Waals surface area contributed by atoms with E-state index in [1.165, 1.54) is 4.90 Å². The SMILES string of the molecule is CN1CCOc2ccc(/C(O)=C3/C(=O)C(=O)N(Cc4ccncc4)C3c3cccnc3)cc21. The van der Waals surface area contributed by atoms with Gasteiger partial charge in [-0.3, -0.25) is 19.6 Å². The highest BCUT2D eigenvalue weighted by molar-refractivity contribution is 6.46. The van der Waals surface area contributed by atoms with Gasteiger partial charge in [-0.1, -0.05) is 6.07 Å². The number of aromatic nitrogens is 2. The Bertz CT molecular complexity index is 1240. The van der Waals surface area contributed by atoms with Crippen molar-refractivity contribution in [1.29, 1.82) is 0 Å². The van der Waals surface area contributed by atoms with Gasteiger partial charge in [-0.2, -0.15) is 0 Å². The van der Waals surface area contributed by atoms with Gasteiger partial charge in [0, 0.05) is 43.9 Å². The molecule has 1 unspecified atom stereocenters. The number of likely N-dealkylation sites (tertiary alicyclic amines) is 1. The van der Waals surface area contributed by atoms with Crippen molar-refractivity contribution in [2.75, 3.05) is 25.1 Å². The maximum Gasteiger partial charge on any atom is 0.295 e. The van der Waals surface area contributed by atoms with E-state index in [-0.39, 0.29) is 17.9 Å². The molecule has 1 fully saturated rings. The Labute approximate surface area is 190 Å². The quantitative estimate of drug-likeness (QED) is 0.377. The van der Waals surface area contributed by atoms with Crippen LogP contribution in [0.4, 0.5) is 5.69 Å². The fourth-order valence-electron chi connectivity index (χ4n) is 4.27. The average molecular weight is 442 g/mol. The minimum atomic E-state index is -0.767. The lowest BCUT2D eigenvalue weighted by Gasteiger charge is -2.28. The molecule has 1 amide bonds. The molecule has 2 aliphatic heterocycles. The molecular weight excluding hydrogens is 420 g/mol. The number of hydrogen-bond donors (Lipinski definition) is 1. The van der Waals surface area contributed by atoms with Gasteiger partial charge in [0.15, 0.2) is 0 Å². The maximum absolute atomic E-state index is 13.2. The summed E-state index contributed by atoms with van der Waals surface area (Å²) in [5, 5.41) is 11.3. The second kappa shape index (κ2) is 8.38. The van der Waals surface area contributed by atoms with Crippen molar-refractivity contribution in [3.63, 3.8) is 0 Å². The van der Waals surface area contributed by atoms with Crippen LogP contribution in [0.2, 0.25) is 0 Å². The predicted octanol–water partition coefficient (Wildman–Crippen LogP) is 2.93. The highest BCUT2D eigenvalue weighted by atomic mass is 16.5. The molecule has 0 aliphatic carbocycles. The van der Waals surface area contributed by atoms with Gasteiger partial charge in [0.25, 0.3) is 11.7 Å². The Kier molecular flexibility index (Phi) is 5.26. The van der Waals surface area contributed by atoms with Crippen LogP contribution in [-0.2, 0) is 16.1 Å². The molecule has 0 spiro atoms. The third-order valence-corrected chi connectivity index (χ3v) is 5.97. The first-order chi connectivity index (χ1) is 16.0. The van der Waals surface area contributed by atoms with Crippen LogP contribution in [0.3, 0.4) is 0 Å². The normalized spacial score (nSPS) is 19.4. The van der Waals surface area contributed by atoms with Crippen molar-refractivity contribution >= 4 is 23.1 Å². The molecule has 166 valence electrons. The fraction of sp³-hybridized carbons (Fsp3) is 0.200. The van der Waals surface area contributed by atoms with E-state index in [2.05, 4.69) is 9.97 Å². The summed E-state index contributed by atoms with van der Waals surface area (Å²) in [6.45, 7) is 1.49. The first kappa shape index (κ1) is 20.7. The zero-order valence-electron chi connectivity index (χ0n) is 18.0. The number of carbonyl (C=O) groups excluding carboxylic acids is 2. The van der Waals surface area contributed by atoms with Gasteiger partial charge in [0.2, 0.25) is 0 Å². The van der Waals surface area contributed by atoms with Gasteiger partial charge in [-0.05, 0) is 47.5 Å². The monoisotopic (exact) mass is 442 g/mol. The number of Topliss-reactive ketones (excluding diaryl/α,β-unsaturated/α-hetero) is 1. The Morgan fingerprint density at radius 1 is 1.12 bits per heavy atom. The van der Waals surface area contributed by atoms with E-state index in [0.717, 1.165) is 11.3 Å². The number of ether oxygens (including phenoxy) is 1. The number of carbonyl (C=O) groups is 2. The number of rotatable bonds is 4. The summed E-state index contributed by atoms with van der Waals surface area (Å²) in [4.78, 5) is 37.9. The lowest BCUT2D eigenvalue weighted by molar-refractivity contribution is -0.140. The second-order valence-corrected chi connectivity index (χ2v) is 8.02. The van der Waals surface area contributed by atoms with Gasteiger partial charge in [-0.25, -0.2) is 0 Å². The molecular formula is C25H22N4O4. The number of pyridine rings is 2. The Balaban J connectivity index is 1.63. The topological polar surface area (TPSA) is 95.9 Å². The second-order valence-electron chi connectivity index (χ2n) is 8.02. The molecule has 33 heavy (non-hydrogen) atoms. The molecule has 8 nitrogen and oxygen atoms in total. The van der Waals surface area contributed by atoms with E-state index in [1.54, 1.807) is 67.3 Å². The zero-order chi connectivity index (χ0) is 22.9. The van der Waals surface area contributed by atoms with Crippen LogP contribution in [0.5, 0.6) is 5.75 Å². The van der Waals surface area contributed by atoms with E-state index in [1.807, 2.05) is 11.9 Å². The largest absolute Gasteiger partial charge is 0.507 e. The minimum absolute atomic E-state index is 0.0430. The molecule has 0 radical (unpaired) electrons. The van der Waals surface area contributed by atoms with Gasteiger partial charge in [0.1, 0.15) is 18.1 Å². The standard InChI is InChI=1S/C25H22N4O4/c1-28-11-12-33-20-5-4-17(13-19(20)28)23(30)21-22(18-3-2-8-27-14-18)29(25(32)24(21)31)15-16-6-9-26-10-7-16/h2-10,13-14,22,30H,11-12,15H2,1H3/b23-21-. The van der Waals surface area contributed by atoms with Crippen LogP contribution >= 0.6 is 0 Å². The fourth-order valence-corrected chi connectivity index (χ4v) is 4.27. The Hall–Kier alpha value is -4.20. The van der Waals surface area contributed by atoms with E-state index < -0.39 is 17.7 Å². The lowest BCUT2D eigenvalue weighted by Crippen LogP contribution is -2.29. The average Bonchev–Trinajstić information content (AvgIpc) is 3.10. The molecule has 1 N–H and O–H groups in total. The van der Waals surface area contributed by atoms with E-state index in [0.29, 0.717) is 30.0 Å². The third kappa shape index (κ3) is 3.69. The summed E-state index contributed by atoms with van der Waals surface area (Å²) in [6, 6.07) is 11.6. The van der Waals surface area contributed by atoms with Gasteiger partial charge < -0.3 is 19.6 Å². The molecule has 0 saturated carbocycles. The third-order valence-electron chi connectivity index (χ3n) is 5.97. The minimum Gasteiger partial charge on any atom is -0.507 e. The molecule has 1 atom stereocenters. The Morgan fingerprint density at radius 2 is 1.94 bits per heavy atom. The number of benzene rings is 1. The highest BCUT2D eigenvalue weighted by Crippen LogP contribution is 2.41. The van der Waals surface area contributed by atoms with Crippen molar-refractivity contribution in [3.05, 3.63) is 89.5 Å². The summed E-state index contributed by atoms with van der Waals surface area (Å²) in [6.07, 6.45) is 6.50. The number of hydrogen-bond acceptors (Lipinski definition) is 7. The number of nitrogens with zero attached hydrogens (tertiary/aromatic N) is 4. The molecule has 8 heteroatoms. The summed E-state index contributed by atoms with van der Waals surface area (Å²) >= 11 is 0. The van der Waals surface area contributed by atoms with E-state index in [9.17, 15) is 14.7 Å². The molecule has 3 aromatic rings. The van der Waals surface area contributed by atoms with Crippen molar-refractivity contribution < 1.29 is 19.4 Å². The number of aliphatic hydroxyl groups is 1. The van der Waals surface area contributed by atoms with Crippen LogP contribution in [0.25, 0.3) is 5.76 Å². The zero-order valence-corrected chi connectivity index (χ0v) is 18.0. The number of amides is 1. The number of fused-ring (bicyclic) bond motifs is 1. The summed E-state index contributed by atoms with van der Waals surface area (Å²) in [7, 11) is 1.94. The van der Waals surface area contributed by atoms with Crippen LogP contribution in [-0.4, -0.2) is 51.9 Å². The van der Waals surface area contributed by atoms with Gasteiger partial charge >= 0.3 is 0 Å². The first-order valence-electron chi connectivity index (χ1n) is 10.6. The van der Waals surface area contributed by atoms with Gasteiger partial charge in [-0.15, -0.1) is 0 Å². The van der Waals surface area contributed by atoms with E-state index in [4.69, 9.17) is 4.74 Å². The van der Waals surface area contributed by atoms with Crippen LogP contribution in [0, 0.1) is 0 Å². The predicted molar refractivity (Wildman–Crippen MR) is 122 cm³/mol. The Morgan fingerprint density at radius 3 is 2.70 bits per heavy atom. The van der Waals surface area contributed by atoms with Crippen LogP contribution in [0.15, 0.2) is 72.8 Å². The van der Waals surface area contributed by atoms with Crippen LogP contribution < -0.4 is 9.64 Å². The van der Waals surface area contributed by atoms with Crippen molar-refractivity contribution in [2.24, 2.45) is 0 Å². The smallest absolute Gasteiger partial charge is 0.295 e. The molecule has 2 aliphatic rings. The molecule has 0 bridgehead atoms. The molecule has 5 rings (SSSR count). The summed E-state index contributed by atoms with van der Waals surface area (Å²) in [5.74, 6) is -0.901. The summed E-state index contributed by atoms with van der Waals surface area (Å²) in [5.41, 5.74) is 2.77. The number of aliphatic hydroxyl groups excluding tert-OH is 1. The first-order valence-corrected chi connectivity index (χ1v) is 10.6. The number of likely N-dealkylation sites (N-methyl/N-ethyl adjacent to an activating group) is 1. The van der Waals surface area contributed by atoms with Crippen molar-refractivity contribution in [3.8, 4) is 5.75 Å². The van der Waals surface area contributed by atoms with Crippen molar-refractivity contribution in [2.45, 2.75) is 12.6 Å².